The largest absolute Gasteiger partial charge is 0.491 e. The minimum atomic E-state index is -1.38. The van der Waals surface area contributed by atoms with Gasteiger partial charge >= 0.3 is 0 Å². The van der Waals surface area contributed by atoms with Crippen LogP contribution in [0.5, 0.6) is 5.75 Å². The summed E-state index contributed by atoms with van der Waals surface area (Å²) in [5.41, 5.74) is 1.95. The number of anilines is 1. The van der Waals surface area contributed by atoms with Gasteiger partial charge in [-0.2, -0.15) is 5.26 Å². The molecule has 2 aliphatic rings. The Balaban J connectivity index is 1.40. The molecule has 0 fully saturated rings. The lowest BCUT2D eigenvalue weighted by atomic mass is 9.94. The number of aliphatic hydroxyl groups is 2. The van der Waals surface area contributed by atoms with E-state index in [0.29, 0.717) is 41.7 Å². The molecule has 0 atom stereocenters. The molecule has 236 valence electrons. The van der Waals surface area contributed by atoms with Gasteiger partial charge in [-0.25, -0.2) is 13.8 Å². The van der Waals surface area contributed by atoms with Gasteiger partial charge in [-0.05, 0) is 78.9 Å². The zero-order valence-corrected chi connectivity index (χ0v) is 25.2. The van der Waals surface area contributed by atoms with Crippen molar-refractivity contribution >= 4 is 34.1 Å². The molecule has 0 saturated heterocycles. The Morgan fingerprint density at radius 3 is 2.67 bits per heavy atom. The van der Waals surface area contributed by atoms with Crippen LogP contribution in [-0.2, 0) is 17.0 Å². The van der Waals surface area contributed by atoms with E-state index in [2.05, 4.69) is 9.97 Å². The average molecular weight is 628 g/mol. The van der Waals surface area contributed by atoms with Gasteiger partial charge in [0.25, 0.3) is 5.91 Å². The van der Waals surface area contributed by atoms with Crippen molar-refractivity contribution in [1.29, 1.82) is 5.26 Å². The number of rotatable bonds is 6. The fraction of sp³-hybridized carbons (Fsp3) is 0.294. The number of amides is 2. The number of aromatic nitrogens is 2. The third kappa shape index (κ3) is 5.59. The van der Waals surface area contributed by atoms with Gasteiger partial charge in [0.1, 0.15) is 41.6 Å². The van der Waals surface area contributed by atoms with E-state index in [1.165, 1.54) is 30.9 Å². The van der Waals surface area contributed by atoms with Crippen LogP contribution in [0.15, 0.2) is 48.7 Å². The van der Waals surface area contributed by atoms with Crippen molar-refractivity contribution in [3.63, 3.8) is 0 Å². The summed E-state index contributed by atoms with van der Waals surface area (Å²) in [5.74, 6) is -2.59. The molecule has 2 aliphatic heterocycles. The molecule has 2 amide bonds. The van der Waals surface area contributed by atoms with E-state index < -0.39 is 29.7 Å². The summed E-state index contributed by atoms with van der Waals surface area (Å²) in [6.45, 7) is 3.16. The normalized spacial score (nSPS) is 15.2. The number of benzene rings is 2. The Morgan fingerprint density at radius 2 is 1.98 bits per heavy atom. The van der Waals surface area contributed by atoms with Crippen molar-refractivity contribution in [1.82, 2.24) is 14.9 Å². The van der Waals surface area contributed by atoms with Crippen LogP contribution in [0, 0.1) is 23.0 Å². The monoisotopic (exact) mass is 627 g/mol. The van der Waals surface area contributed by atoms with Gasteiger partial charge in [0.15, 0.2) is 0 Å². The molecule has 0 aliphatic carbocycles. The van der Waals surface area contributed by atoms with Crippen molar-refractivity contribution in [3.05, 3.63) is 82.7 Å². The number of halogens is 2. The minimum Gasteiger partial charge on any atom is -0.491 e. The molecule has 0 radical (unpaired) electrons. The fourth-order valence-electron chi connectivity index (χ4n) is 5.99. The number of ether oxygens (including phenoxy) is 1. The first-order valence-corrected chi connectivity index (χ1v) is 14.8. The molecule has 0 unspecified atom stereocenters. The Hall–Kier alpha value is -5.12. The summed E-state index contributed by atoms with van der Waals surface area (Å²) in [4.78, 5) is 36.5. The standard InChI is InChI=1S/C34H31F2N5O5/c1-34(2,45)20-13-26(36)31-29(14-20)46-12-11-41(33(31)44)28-16-21(35)15-23(25(28)18-42)22-4-8-38-32-24(22)17-27(39-32)19-5-9-40(10-6-19)30(43)3-7-37/h4-5,8,13-17,42,45H,3,6,9-12,18H2,1-2H3,(H,38,39). The number of H-pyrrole nitrogens is 1. The van der Waals surface area contributed by atoms with Crippen molar-refractivity contribution in [2.45, 2.75) is 38.9 Å². The molecule has 4 aromatic rings. The van der Waals surface area contributed by atoms with Gasteiger partial charge in [-0.1, -0.05) is 6.08 Å². The number of hydrogen-bond donors (Lipinski definition) is 3. The van der Waals surface area contributed by atoms with Gasteiger partial charge in [0.05, 0.1) is 30.5 Å². The van der Waals surface area contributed by atoms with E-state index in [0.717, 1.165) is 23.4 Å². The number of aliphatic hydroxyl groups excluding tert-OH is 1. The Labute approximate surface area is 263 Å². The number of nitrogens with zero attached hydrogens (tertiary/aromatic N) is 4. The lowest BCUT2D eigenvalue weighted by Crippen LogP contribution is -2.34. The molecule has 46 heavy (non-hydrogen) atoms. The van der Waals surface area contributed by atoms with E-state index in [1.54, 1.807) is 17.2 Å². The summed E-state index contributed by atoms with van der Waals surface area (Å²) < 4.78 is 36.5. The zero-order chi connectivity index (χ0) is 32.7. The predicted molar refractivity (Wildman–Crippen MR) is 166 cm³/mol. The number of nitriles is 1. The highest BCUT2D eigenvalue weighted by Crippen LogP contribution is 2.40. The molecule has 10 nitrogen and oxygen atoms in total. The number of pyridine rings is 1. The molecule has 0 bridgehead atoms. The highest BCUT2D eigenvalue weighted by Gasteiger charge is 2.33. The summed E-state index contributed by atoms with van der Waals surface area (Å²) in [6.07, 6.45) is 3.85. The minimum absolute atomic E-state index is 0.0305. The second-order valence-electron chi connectivity index (χ2n) is 11.8. The van der Waals surface area contributed by atoms with E-state index in [1.807, 2.05) is 18.2 Å². The smallest absolute Gasteiger partial charge is 0.265 e. The van der Waals surface area contributed by atoms with E-state index in [4.69, 9.17) is 10.00 Å². The highest BCUT2D eigenvalue weighted by atomic mass is 19.1. The molecule has 4 heterocycles. The van der Waals surface area contributed by atoms with E-state index >= 15 is 8.78 Å². The molecule has 0 saturated carbocycles. The molecule has 6 rings (SSSR count). The zero-order valence-electron chi connectivity index (χ0n) is 25.2. The summed E-state index contributed by atoms with van der Waals surface area (Å²) >= 11 is 0. The maximum absolute atomic E-state index is 15.4. The number of hydrogen-bond acceptors (Lipinski definition) is 7. The Kier molecular flexibility index (Phi) is 8.06. The number of carbonyl (C=O) groups excluding carboxylic acids is 2. The van der Waals surface area contributed by atoms with E-state index in [-0.39, 0.29) is 53.6 Å². The third-order valence-corrected chi connectivity index (χ3v) is 8.39. The lowest BCUT2D eigenvalue weighted by Gasteiger charge is -2.25. The summed E-state index contributed by atoms with van der Waals surface area (Å²) in [6, 6.07) is 10.4. The van der Waals surface area contributed by atoms with Crippen molar-refractivity contribution in [2.75, 3.05) is 31.1 Å². The van der Waals surface area contributed by atoms with Crippen LogP contribution in [0.3, 0.4) is 0 Å². The lowest BCUT2D eigenvalue weighted by molar-refractivity contribution is -0.129. The van der Waals surface area contributed by atoms with Crippen LogP contribution < -0.4 is 9.64 Å². The van der Waals surface area contributed by atoms with Crippen molar-refractivity contribution in [2.24, 2.45) is 0 Å². The summed E-state index contributed by atoms with van der Waals surface area (Å²) in [7, 11) is 0. The molecule has 3 N–H and O–H groups in total. The first kappa shape index (κ1) is 30.9. The van der Waals surface area contributed by atoms with E-state index in [9.17, 15) is 19.8 Å². The number of aromatic amines is 1. The SMILES string of the molecule is CC(C)(O)c1cc(F)c2c(c1)OCCN(c1cc(F)cc(-c3ccnc4[nH]c(C5=CCN(C(=O)CC#N)CC5)cc34)c1CO)C2=O. The molecular formula is C34H31F2N5O5. The van der Waals surface area contributed by atoms with Gasteiger partial charge in [0, 0.05) is 35.9 Å². The van der Waals surface area contributed by atoms with Crippen LogP contribution in [-0.4, -0.2) is 63.1 Å². The topological polar surface area (TPSA) is 143 Å². The fourth-order valence-corrected chi connectivity index (χ4v) is 5.99. The first-order chi connectivity index (χ1) is 22.0. The number of carbonyl (C=O) groups is 2. The van der Waals surface area contributed by atoms with Gasteiger partial charge in [-0.3, -0.25) is 9.59 Å². The van der Waals surface area contributed by atoms with Gasteiger partial charge < -0.3 is 29.7 Å². The maximum Gasteiger partial charge on any atom is 0.265 e. The molecule has 2 aromatic heterocycles. The Bertz CT molecular complexity index is 1960. The second kappa shape index (κ2) is 12.0. The van der Waals surface area contributed by atoms with Crippen molar-refractivity contribution in [3.8, 4) is 22.9 Å². The van der Waals surface area contributed by atoms with Gasteiger partial charge in [0.2, 0.25) is 5.91 Å². The van der Waals surface area contributed by atoms with Crippen LogP contribution in [0.1, 0.15) is 53.9 Å². The van der Waals surface area contributed by atoms with Crippen LogP contribution in [0.25, 0.3) is 27.7 Å². The van der Waals surface area contributed by atoms with Gasteiger partial charge in [-0.15, -0.1) is 0 Å². The quantitative estimate of drug-likeness (QED) is 0.279. The molecule has 12 heteroatoms. The summed E-state index contributed by atoms with van der Waals surface area (Å²) in [5, 5.41) is 30.5. The highest BCUT2D eigenvalue weighted by molar-refractivity contribution is 6.09. The first-order valence-electron chi connectivity index (χ1n) is 14.8. The Morgan fingerprint density at radius 1 is 1.17 bits per heavy atom. The molecule has 2 aromatic carbocycles. The third-order valence-electron chi connectivity index (χ3n) is 8.39. The molecule has 0 spiro atoms. The second-order valence-corrected chi connectivity index (χ2v) is 11.8. The van der Waals surface area contributed by atoms with Crippen LogP contribution in [0.2, 0.25) is 0 Å². The number of fused-ring (bicyclic) bond motifs is 2. The van der Waals surface area contributed by atoms with Crippen LogP contribution in [0.4, 0.5) is 14.5 Å². The average Bonchev–Trinajstić information content (AvgIpc) is 3.39. The predicted octanol–water partition coefficient (Wildman–Crippen LogP) is 4.80. The maximum atomic E-state index is 15.4. The molecular weight excluding hydrogens is 596 g/mol. The van der Waals surface area contributed by atoms with Crippen molar-refractivity contribution < 1.29 is 33.3 Å². The van der Waals surface area contributed by atoms with Crippen LogP contribution >= 0.6 is 0 Å². The number of nitrogens with one attached hydrogen (secondary N) is 1.